The molecule has 0 radical (unpaired) electrons. The van der Waals surface area contributed by atoms with Crippen LogP contribution < -0.4 is 0 Å². The molecule has 2 heterocycles. The van der Waals surface area contributed by atoms with Gasteiger partial charge in [-0.25, -0.2) is 0 Å². The van der Waals surface area contributed by atoms with Crippen LogP contribution >= 0.6 is 21.6 Å². The zero-order valence-corrected chi connectivity index (χ0v) is 13.3. The molecule has 2 aromatic heterocycles. The molecule has 2 aromatic rings. The summed E-state index contributed by atoms with van der Waals surface area (Å²) in [5.74, 6) is 4.01. The third-order valence-corrected chi connectivity index (χ3v) is 6.05. The van der Waals surface area contributed by atoms with Crippen LogP contribution in [0.15, 0.2) is 18.6 Å². The number of aryl methyl sites for hydroxylation is 4. The molecule has 0 aromatic carbocycles. The summed E-state index contributed by atoms with van der Waals surface area (Å²) in [6, 6.07) is 0. The maximum absolute atomic E-state index is 5.64. The molecular weight excluding hydrogens is 264 g/mol. The van der Waals surface area contributed by atoms with E-state index in [9.17, 15) is 0 Å². The van der Waals surface area contributed by atoms with E-state index in [0.717, 1.165) is 23.0 Å². The summed E-state index contributed by atoms with van der Waals surface area (Å²) < 4.78 is 11.3. The van der Waals surface area contributed by atoms with Gasteiger partial charge in [0.2, 0.25) is 0 Å². The van der Waals surface area contributed by atoms with Crippen LogP contribution in [0.1, 0.15) is 34.2 Å². The molecule has 0 aliphatic heterocycles. The third-order valence-electron chi connectivity index (χ3n) is 3.20. The minimum Gasteiger partial charge on any atom is -0.465 e. The van der Waals surface area contributed by atoms with Crippen LogP contribution in [0.5, 0.6) is 0 Å². The van der Waals surface area contributed by atoms with Crippen LogP contribution in [0.25, 0.3) is 0 Å². The summed E-state index contributed by atoms with van der Waals surface area (Å²) in [7, 11) is 3.50. The molecule has 18 heavy (non-hydrogen) atoms. The predicted molar refractivity (Wildman–Crippen MR) is 77.6 cm³/mol. The SMILES string of the molecule is Cc1oc(C)c(SSc2c(C)oc(C)c2C)c1C. The molecule has 0 saturated heterocycles. The van der Waals surface area contributed by atoms with E-state index in [0.29, 0.717) is 0 Å². The van der Waals surface area contributed by atoms with Crippen LogP contribution in [0, 0.1) is 41.5 Å². The fourth-order valence-corrected chi connectivity index (χ4v) is 4.85. The van der Waals surface area contributed by atoms with E-state index in [4.69, 9.17) is 8.83 Å². The van der Waals surface area contributed by atoms with Gasteiger partial charge in [-0.15, -0.1) is 0 Å². The summed E-state index contributed by atoms with van der Waals surface area (Å²) in [4.78, 5) is 2.46. The van der Waals surface area contributed by atoms with Gasteiger partial charge in [-0.2, -0.15) is 0 Å². The first-order valence-corrected chi connectivity index (χ1v) is 8.04. The van der Waals surface area contributed by atoms with Gasteiger partial charge in [-0.3, -0.25) is 0 Å². The lowest BCUT2D eigenvalue weighted by Gasteiger charge is -2.01. The highest BCUT2D eigenvalue weighted by atomic mass is 33.1. The minimum absolute atomic E-state index is 0.998. The molecule has 4 heteroatoms. The van der Waals surface area contributed by atoms with Crippen LogP contribution in [0.2, 0.25) is 0 Å². The van der Waals surface area contributed by atoms with Crippen molar-refractivity contribution in [1.29, 1.82) is 0 Å². The smallest absolute Gasteiger partial charge is 0.115 e. The van der Waals surface area contributed by atoms with Crippen LogP contribution in [0.4, 0.5) is 0 Å². The molecule has 98 valence electrons. The van der Waals surface area contributed by atoms with Gasteiger partial charge in [0.1, 0.15) is 23.0 Å². The van der Waals surface area contributed by atoms with Crippen molar-refractivity contribution in [2.45, 2.75) is 51.3 Å². The molecule has 2 nitrogen and oxygen atoms in total. The monoisotopic (exact) mass is 282 g/mol. The van der Waals surface area contributed by atoms with Crippen molar-refractivity contribution < 1.29 is 8.83 Å². The number of hydrogen-bond acceptors (Lipinski definition) is 4. The average molecular weight is 282 g/mol. The van der Waals surface area contributed by atoms with Crippen molar-refractivity contribution in [1.82, 2.24) is 0 Å². The summed E-state index contributed by atoms with van der Waals surface area (Å²) in [5.41, 5.74) is 2.47. The van der Waals surface area contributed by atoms with Crippen molar-refractivity contribution in [2.75, 3.05) is 0 Å². The first-order chi connectivity index (χ1) is 8.41. The lowest BCUT2D eigenvalue weighted by molar-refractivity contribution is 0.497. The standard InChI is InChI=1S/C14H18O2S2/c1-7-9(3)15-11(5)13(7)17-18-14-8(2)10(4)16-12(14)6/h1-6H3. The molecule has 0 bridgehead atoms. The van der Waals surface area contributed by atoms with Crippen LogP contribution in [0.3, 0.4) is 0 Å². The molecule has 0 N–H and O–H groups in total. The van der Waals surface area contributed by atoms with Gasteiger partial charge < -0.3 is 8.83 Å². The van der Waals surface area contributed by atoms with Crippen LogP contribution in [-0.4, -0.2) is 0 Å². The first kappa shape index (κ1) is 13.7. The molecule has 0 saturated carbocycles. The second-order valence-corrected chi connectivity index (χ2v) is 6.65. The minimum atomic E-state index is 0.998. The fourth-order valence-electron chi connectivity index (χ4n) is 1.88. The number of hydrogen-bond donors (Lipinski definition) is 0. The van der Waals surface area contributed by atoms with Gasteiger partial charge >= 0.3 is 0 Å². The molecule has 0 spiro atoms. The van der Waals surface area contributed by atoms with Crippen molar-refractivity contribution in [2.24, 2.45) is 0 Å². The van der Waals surface area contributed by atoms with Crippen molar-refractivity contribution in [3.63, 3.8) is 0 Å². The molecule has 2 rings (SSSR count). The Morgan fingerprint density at radius 1 is 0.556 bits per heavy atom. The predicted octanol–water partition coefficient (Wildman–Crippen LogP) is 5.52. The summed E-state index contributed by atoms with van der Waals surface area (Å²) in [6.07, 6.45) is 0. The molecule has 0 amide bonds. The zero-order valence-electron chi connectivity index (χ0n) is 11.6. The van der Waals surface area contributed by atoms with E-state index in [1.165, 1.54) is 20.9 Å². The van der Waals surface area contributed by atoms with Gasteiger partial charge in [0.05, 0.1) is 9.79 Å². The van der Waals surface area contributed by atoms with Crippen LogP contribution in [-0.2, 0) is 0 Å². The van der Waals surface area contributed by atoms with Gasteiger partial charge in [0.25, 0.3) is 0 Å². The number of furan rings is 2. The maximum atomic E-state index is 5.64. The summed E-state index contributed by atoms with van der Waals surface area (Å²) in [5, 5.41) is 0. The Hall–Kier alpha value is -0.740. The Labute approximate surface area is 116 Å². The Morgan fingerprint density at radius 3 is 1.11 bits per heavy atom. The van der Waals surface area contributed by atoms with E-state index in [2.05, 4.69) is 13.8 Å². The Balaban J connectivity index is 2.21. The normalized spacial score (nSPS) is 11.2. The van der Waals surface area contributed by atoms with E-state index >= 15 is 0 Å². The maximum Gasteiger partial charge on any atom is 0.115 e. The average Bonchev–Trinajstić information content (AvgIpc) is 2.67. The lowest BCUT2D eigenvalue weighted by Crippen LogP contribution is -1.77. The van der Waals surface area contributed by atoms with Crippen molar-refractivity contribution >= 4 is 21.6 Å². The van der Waals surface area contributed by atoms with Crippen molar-refractivity contribution in [3.05, 3.63) is 34.2 Å². The fraction of sp³-hybridized carbons (Fsp3) is 0.429. The third kappa shape index (κ3) is 2.36. The van der Waals surface area contributed by atoms with Crippen molar-refractivity contribution in [3.8, 4) is 0 Å². The molecule has 0 atom stereocenters. The van der Waals surface area contributed by atoms with E-state index in [1.807, 2.05) is 27.7 Å². The first-order valence-electron chi connectivity index (χ1n) is 5.89. The van der Waals surface area contributed by atoms with Gasteiger partial charge in [0, 0.05) is 11.1 Å². The van der Waals surface area contributed by atoms with E-state index < -0.39 is 0 Å². The number of rotatable bonds is 3. The second-order valence-electron chi connectivity index (χ2n) is 4.50. The topological polar surface area (TPSA) is 26.3 Å². The highest BCUT2D eigenvalue weighted by Crippen LogP contribution is 2.45. The lowest BCUT2D eigenvalue weighted by atomic mass is 10.3. The Kier molecular flexibility index (Phi) is 3.87. The summed E-state index contributed by atoms with van der Waals surface area (Å²) >= 11 is 0. The van der Waals surface area contributed by atoms with Gasteiger partial charge in [0.15, 0.2) is 0 Å². The molecule has 0 fully saturated rings. The van der Waals surface area contributed by atoms with Gasteiger partial charge in [-0.1, -0.05) is 0 Å². The van der Waals surface area contributed by atoms with Gasteiger partial charge in [-0.05, 0) is 63.1 Å². The van der Waals surface area contributed by atoms with E-state index in [-0.39, 0.29) is 0 Å². The largest absolute Gasteiger partial charge is 0.465 e. The quantitative estimate of drug-likeness (QED) is 0.692. The van der Waals surface area contributed by atoms with E-state index in [1.54, 1.807) is 21.6 Å². The second kappa shape index (κ2) is 5.10. The zero-order chi connectivity index (χ0) is 13.4. The molecule has 0 unspecified atom stereocenters. The molecular formula is C14H18O2S2. The molecule has 0 aliphatic carbocycles. The molecule has 0 aliphatic rings. The Bertz CT molecular complexity index is 527. The highest BCUT2D eigenvalue weighted by molar-refractivity contribution is 8.76. The summed E-state index contributed by atoms with van der Waals surface area (Å²) in [6.45, 7) is 12.3. The highest BCUT2D eigenvalue weighted by Gasteiger charge is 2.16. The Morgan fingerprint density at radius 2 is 0.889 bits per heavy atom.